The van der Waals surface area contributed by atoms with Gasteiger partial charge >= 0.3 is 12.1 Å². The zero-order valence-electron chi connectivity index (χ0n) is 12.4. The van der Waals surface area contributed by atoms with Crippen molar-refractivity contribution in [2.24, 2.45) is 11.8 Å². The molecular formula is C14H13F3N2O5. The number of amides is 1. The Morgan fingerprint density at radius 2 is 2.04 bits per heavy atom. The summed E-state index contributed by atoms with van der Waals surface area (Å²) in [6, 6.07) is 1.72. The first-order valence-corrected chi connectivity index (χ1v) is 6.91. The van der Waals surface area contributed by atoms with E-state index in [1.165, 1.54) is 0 Å². The number of carbonyl (C=O) groups excluding carboxylic acids is 2. The van der Waals surface area contributed by atoms with Crippen LogP contribution in [-0.4, -0.2) is 23.4 Å². The van der Waals surface area contributed by atoms with Crippen LogP contribution in [0.15, 0.2) is 18.2 Å². The minimum absolute atomic E-state index is 0.191. The molecule has 0 bridgehead atoms. The number of benzene rings is 1. The molecule has 1 saturated carbocycles. The number of anilines is 1. The average molecular weight is 346 g/mol. The molecule has 0 unspecified atom stereocenters. The van der Waals surface area contributed by atoms with Crippen LogP contribution in [0, 0.1) is 22.0 Å². The lowest BCUT2D eigenvalue weighted by Gasteiger charge is -2.10. The molecule has 1 aromatic rings. The number of alkyl halides is 3. The second-order valence-corrected chi connectivity index (χ2v) is 5.46. The van der Waals surface area contributed by atoms with Crippen LogP contribution in [0.25, 0.3) is 0 Å². The molecule has 0 saturated heterocycles. The van der Waals surface area contributed by atoms with Gasteiger partial charge in [0.05, 0.1) is 16.4 Å². The van der Waals surface area contributed by atoms with Gasteiger partial charge in [0.25, 0.3) is 11.6 Å². The smallest absolute Gasteiger partial charge is 0.416 e. The highest BCUT2D eigenvalue weighted by Crippen LogP contribution is 2.38. The Labute approximate surface area is 133 Å². The van der Waals surface area contributed by atoms with E-state index in [1.807, 2.05) is 6.92 Å². The highest BCUT2D eigenvalue weighted by atomic mass is 19.4. The van der Waals surface area contributed by atoms with Crippen molar-refractivity contribution in [3.63, 3.8) is 0 Å². The molecule has 1 amide bonds. The Balaban J connectivity index is 2.04. The van der Waals surface area contributed by atoms with Crippen LogP contribution in [0.5, 0.6) is 0 Å². The first-order chi connectivity index (χ1) is 11.1. The molecule has 10 heteroatoms. The van der Waals surface area contributed by atoms with Gasteiger partial charge in [-0.1, -0.05) is 6.92 Å². The molecule has 1 aromatic carbocycles. The molecule has 0 radical (unpaired) electrons. The van der Waals surface area contributed by atoms with E-state index in [0.717, 1.165) is 6.07 Å². The summed E-state index contributed by atoms with van der Waals surface area (Å²) in [6.07, 6.45) is -4.07. The van der Waals surface area contributed by atoms with E-state index in [2.05, 4.69) is 5.32 Å². The fourth-order valence-electron chi connectivity index (χ4n) is 2.05. The van der Waals surface area contributed by atoms with Crippen molar-refractivity contribution in [2.45, 2.75) is 19.5 Å². The van der Waals surface area contributed by atoms with Crippen molar-refractivity contribution in [2.75, 3.05) is 11.9 Å². The van der Waals surface area contributed by atoms with Crippen molar-refractivity contribution in [1.82, 2.24) is 0 Å². The van der Waals surface area contributed by atoms with Crippen molar-refractivity contribution in [3.8, 4) is 0 Å². The molecule has 1 aliphatic rings. The van der Waals surface area contributed by atoms with Crippen molar-refractivity contribution in [3.05, 3.63) is 33.9 Å². The van der Waals surface area contributed by atoms with E-state index in [0.29, 0.717) is 18.6 Å². The number of nitrogens with zero attached hydrogens (tertiary/aromatic N) is 1. The van der Waals surface area contributed by atoms with Gasteiger partial charge in [-0.2, -0.15) is 13.2 Å². The average Bonchev–Trinajstić information content (AvgIpc) is 3.21. The lowest BCUT2D eigenvalue weighted by atomic mass is 10.1. The predicted molar refractivity (Wildman–Crippen MR) is 75.0 cm³/mol. The van der Waals surface area contributed by atoms with Crippen molar-refractivity contribution < 1.29 is 32.4 Å². The number of hydrogen-bond acceptors (Lipinski definition) is 5. The van der Waals surface area contributed by atoms with Gasteiger partial charge in [0, 0.05) is 6.07 Å². The third-order valence-corrected chi connectivity index (χ3v) is 3.55. The molecule has 1 aliphatic carbocycles. The maximum Gasteiger partial charge on any atom is 0.416 e. The Kier molecular flexibility index (Phi) is 4.76. The van der Waals surface area contributed by atoms with Gasteiger partial charge in [-0.3, -0.25) is 19.7 Å². The van der Waals surface area contributed by atoms with Crippen molar-refractivity contribution in [1.29, 1.82) is 0 Å². The largest absolute Gasteiger partial charge is 0.455 e. The maximum atomic E-state index is 12.6. The molecule has 24 heavy (non-hydrogen) atoms. The highest BCUT2D eigenvalue weighted by Gasteiger charge is 2.40. The van der Waals surface area contributed by atoms with Crippen LogP contribution >= 0.6 is 0 Å². The van der Waals surface area contributed by atoms with Gasteiger partial charge in [0.1, 0.15) is 5.69 Å². The molecule has 0 heterocycles. The molecule has 2 atom stereocenters. The van der Waals surface area contributed by atoms with E-state index < -0.39 is 46.5 Å². The number of nitrogens with one attached hydrogen (secondary N) is 1. The molecule has 0 spiro atoms. The van der Waals surface area contributed by atoms with Crippen LogP contribution in [0.2, 0.25) is 0 Å². The third kappa shape index (κ3) is 4.21. The number of halogens is 3. The summed E-state index contributed by atoms with van der Waals surface area (Å²) in [4.78, 5) is 33.0. The van der Waals surface area contributed by atoms with Gasteiger partial charge < -0.3 is 10.1 Å². The molecule has 1 fully saturated rings. The molecular weight excluding hydrogens is 333 g/mol. The van der Waals surface area contributed by atoms with Gasteiger partial charge in [0.15, 0.2) is 6.61 Å². The van der Waals surface area contributed by atoms with E-state index in [9.17, 15) is 32.9 Å². The number of carbonyl (C=O) groups is 2. The molecule has 0 aliphatic heterocycles. The van der Waals surface area contributed by atoms with Crippen LogP contribution in [-0.2, 0) is 20.5 Å². The third-order valence-electron chi connectivity index (χ3n) is 3.55. The highest BCUT2D eigenvalue weighted by molar-refractivity contribution is 5.95. The van der Waals surface area contributed by atoms with E-state index in [4.69, 9.17) is 4.74 Å². The second kappa shape index (κ2) is 6.46. The molecule has 130 valence electrons. The fraction of sp³-hybridized carbons (Fsp3) is 0.429. The van der Waals surface area contributed by atoms with Crippen LogP contribution in [0.3, 0.4) is 0 Å². The molecule has 0 aromatic heterocycles. The summed E-state index contributed by atoms with van der Waals surface area (Å²) in [5.74, 6) is -1.48. The monoisotopic (exact) mass is 346 g/mol. The Morgan fingerprint density at radius 1 is 1.42 bits per heavy atom. The predicted octanol–water partition coefficient (Wildman–Crippen LogP) is 2.75. The van der Waals surface area contributed by atoms with E-state index in [1.54, 1.807) is 0 Å². The quantitative estimate of drug-likeness (QED) is 0.502. The Morgan fingerprint density at radius 3 is 2.54 bits per heavy atom. The van der Waals surface area contributed by atoms with E-state index in [-0.39, 0.29) is 11.8 Å². The maximum absolute atomic E-state index is 12.6. The summed E-state index contributed by atoms with van der Waals surface area (Å²) >= 11 is 0. The summed E-state index contributed by atoms with van der Waals surface area (Å²) in [7, 11) is 0. The van der Waals surface area contributed by atoms with Gasteiger partial charge in [0.2, 0.25) is 0 Å². The topological polar surface area (TPSA) is 98.5 Å². The lowest BCUT2D eigenvalue weighted by molar-refractivity contribution is -0.384. The zero-order chi connectivity index (χ0) is 18.1. The number of hydrogen-bond donors (Lipinski definition) is 1. The van der Waals surface area contributed by atoms with Crippen LogP contribution in [0.4, 0.5) is 24.5 Å². The minimum atomic E-state index is -4.75. The number of esters is 1. The summed E-state index contributed by atoms with van der Waals surface area (Å²) in [5, 5.41) is 13.0. The van der Waals surface area contributed by atoms with Gasteiger partial charge in [-0.15, -0.1) is 0 Å². The van der Waals surface area contributed by atoms with Gasteiger partial charge in [-0.05, 0) is 24.5 Å². The molecule has 2 rings (SSSR count). The minimum Gasteiger partial charge on any atom is -0.455 e. The van der Waals surface area contributed by atoms with Gasteiger partial charge in [-0.25, -0.2) is 0 Å². The molecule has 7 nitrogen and oxygen atoms in total. The van der Waals surface area contributed by atoms with Crippen molar-refractivity contribution >= 4 is 23.3 Å². The summed E-state index contributed by atoms with van der Waals surface area (Å²) < 4.78 is 42.5. The first kappa shape index (κ1) is 17.7. The summed E-state index contributed by atoms with van der Waals surface area (Å²) in [5.41, 5.74) is -2.52. The first-order valence-electron chi connectivity index (χ1n) is 6.91. The van der Waals surface area contributed by atoms with E-state index >= 15 is 0 Å². The fourth-order valence-corrected chi connectivity index (χ4v) is 2.05. The molecule has 1 N–H and O–H groups in total. The SMILES string of the molecule is C[C@H]1C[C@@H]1C(=O)OCC(=O)Nc1ccc(C(F)(F)F)cc1[N+](=O)[O-]. The number of nitro groups is 1. The second-order valence-electron chi connectivity index (χ2n) is 5.46. The number of nitro benzene ring substituents is 1. The zero-order valence-corrected chi connectivity index (χ0v) is 12.4. The Hall–Kier alpha value is -2.65. The van der Waals surface area contributed by atoms with Crippen LogP contribution < -0.4 is 5.32 Å². The lowest BCUT2D eigenvalue weighted by Crippen LogP contribution is -2.22. The Bertz CT molecular complexity index is 689. The summed E-state index contributed by atoms with van der Waals surface area (Å²) in [6.45, 7) is 1.18. The standard InChI is InChI=1S/C14H13F3N2O5/c1-7-4-9(7)13(21)24-6-12(20)18-10-3-2-8(14(15,16)17)5-11(10)19(22)23/h2-3,5,7,9H,4,6H2,1H3,(H,18,20)/t7-,9-/m0/s1. The number of ether oxygens (including phenoxy) is 1. The number of rotatable bonds is 5. The normalized spacial score (nSPS) is 19.5. The van der Waals surface area contributed by atoms with Crippen LogP contribution in [0.1, 0.15) is 18.9 Å².